The molecule has 4 aliphatic rings. The van der Waals surface area contributed by atoms with Gasteiger partial charge in [-0.1, -0.05) is 68.5 Å². The van der Waals surface area contributed by atoms with E-state index >= 15 is 0 Å². The van der Waals surface area contributed by atoms with Crippen LogP contribution >= 0.6 is 0 Å². The minimum Gasteiger partial charge on any atom is -0.465 e. The van der Waals surface area contributed by atoms with E-state index in [4.69, 9.17) is 9.47 Å². The molecule has 0 radical (unpaired) electrons. The van der Waals surface area contributed by atoms with Crippen molar-refractivity contribution in [2.75, 3.05) is 24.7 Å². The van der Waals surface area contributed by atoms with Crippen molar-refractivity contribution in [3.63, 3.8) is 0 Å². The smallest absolute Gasteiger partial charge is 0.313 e. The maximum absolute atomic E-state index is 14.6. The number of anilines is 1. The third-order valence-electron chi connectivity index (χ3n) is 8.82. The van der Waals surface area contributed by atoms with Gasteiger partial charge in [0.2, 0.25) is 5.91 Å². The number of carbonyl (C=O) groups is 3. The summed E-state index contributed by atoms with van der Waals surface area (Å²) in [5.41, 5.74) is -1.82. The van der Waals surface area contributed by atoms with E-state index < -0.39 is 41.1 Å². The topological polar surface area (TPSA) is 96.4 Å². The summed E-state index contributed by atoms with van der Waals surface area (Å²) in [6.45, 7) is 5.79. The molecule has 0 aliphatic carbocycles. The lowest BCUT2D eigenvalue weighted by Crippen LogP contribution is -2.59. The molecule has 1 N–H and O–H groups in total. The fourth-order valence-electron chi connectivity index (χ4n) is 6.98. The number of likely N-dealkylation sites (tertiary alicyclic amines) is 1. The van der Waals surface area contributed by atoms with E-state index in [1.165, 1.54) is 4.90 Å². The van der Waals surface area contributed by atoms with Gasteiger partial charge >= 0.3 is 5.97 Å². The van der Waals surface area contributed by atoms with Gasteiger partial charge in [-0.15, -0.1) is 0 Å². The van der Waals surface area contributed by atoms with E-state index in [2.05, 4.69) is 0 Å². The molecule has 0 saturated carbocycles. The highest BCUT2D eigenvalue weighted by molar-refractivity contribution is 6.06. The molecule has 1 unspecified atom stereocenters. The molecular weight excluding hydrogens is 496 g/mol. The minimum atomic E-state index is -1.39. The molecule has 204 valence electrons. The lowest BCUT2D eigenvalue weighted by Gasteiger charge is -2.41. The number of hydrogen-bond acceptors (Lipinski definition) is 6. The molecule has 6 rings (SSSR count). The van der Waals surface area contributed by atoms with Gasteiger partial charge in [-0.3, -0.25) is 14.4 Å². The molecule has 0 aromatic heterocycles. The SMILES string of the molecule is CC(C)[C@H](CO)N1C(=O)[C@@H]2[C@H]3C(=O)OCCC=C[C@@]3(C)O[C@@]23C=CCN(c2ccc4ccccc4c2)C(=O)C13. The first-order valence-corrected chi connectivity index (χ1v) is 13.7. The number of carbonyl (C=O) groups excluding carboxylic acids is 3. The number of esters is 1. The summed E-state index contributed by atoms with van der Waals surface area (Å²) in [6.07, 6.45) is 7.96. The Hall–Kier alpha value is -3.49. The van der Waals surface area contributed by atoms with E-state index in [0.717, 1.165) is 10.8 Å². The van der Waals surface area contributed by atoms with Crippen molar-refractivity contribution in [3.8, 4) is 0 Å². The molecular formula is C31H34N2O6. The number of aliphatic hydroxyl groups is 1. The summed E-state index contributed by atoms with van der Waals surface area (Å²) in [5, 5.41) is 12.5. The van der Waals surface area contributed by atoms with Gasteiger partial charge in [0.15, 0.2) is 0 Å². The van der Waals surface area contributed by atoms with E-state index in [1.807, 2.05) is 80.6 Å². The summed E-state index contributed by atoms with van der Waals surface area (Å²) in [6, 6.07) is 12.1. The van der Waals surface area contributed by atoms with Gasteiger partial charge in [0, 0.05) is 12.2 Å². The molecule has 2 aromatic rings. The van der Waals surface area contributed by atoms with Crippen LogP contribution in [0, 0.1) is 17.8 Å². The Balaban J connectivity index is 1.52. The zero-order chi connectivity index (χ0) is 27.5. The first kappa shape index (κ1) is 25.8. The van der Waals surface area contributed by atoms with Crippen molar-refractivity contribution in [2.24, 2.45) is 17.8 Å². The van der Waals surface area contributed by atoms with Crippen molar-refractivity contribution in [2.45, 2.75) is 50.5 Å². The van der Waals surface area contributed by atoms with Crippen LogP contribution in [0.15, 0.2) is 66.8 Å². The molecule has 1 spiro atoms. The van der Waals surface area contributed by atoms with Gasteiger partial charge in [0.1, 0.15) is 17.6 Å². The van der Waals surface area contributed by atoms with Gasteiger partial charge in [-0.2, -0.15) is 0 Å². The third kappa shape index (κ3) is 3.76. The normalized spacial score (nSPS) is 32.9. The fourth-order valence-corrected chi connectivity index (χ4v) is 6.98. The fraction of sp³-hybridized carbons (Fsp3) is 0.452. The van der Waals surface area contributed by atoms with Crippen LogP contribution < -0.4 is 4.90 Å². The summed E-state index contributed by atoms with van der Waals surface area (Å²) >= 11 is 0. The number of cyclic esters (lactones) is 1. The number of aliphatic hydroxyl groups excluding tert-OH is 1. The lowest BCUT2D eigenvalue weighted by molar-refractivity contribution is -0.160. The summed E-state index contributed by atoms with van der Waals surface area (Å²) in [4.78, 5) is 45.5. The molecule has 8 nitrogen and oxygen atoms in total. The molecule has 8 heteroatoms. The van der Waals surface area contributed by atoms with Gasteiger partial charge < -0.3 is 24.4 Å². The van der Waals surface area contributed by atoms with Gasteiger partial charge in [0.25, 0.3) is 5.91 Å². The maximum Gasteiger partial charge on any atom is 0.313 e. The highest BCUT2D eigenvalue weighted by atomic mass is 16.6. The molecule has 39 heavy (non-hydrogen) atoms. The monoisotopic (exact) mass is 530 g/mol. The summed E-state index contributed by atoms with van der Waals surface area (Å²) in [7, 11) is 0. The molecule has 6 atom stereocenters. The maximum atomic E-state index is 14.6. The van der Waals surface area contributed by atoms with Crippen LogP contribution in [0.1, 0.15) is 27.2 Å². The molecule has 0 bridgehead atoms. The average Bonchev–Trinajstić information content (AvgIpc) is 3.22. The molecule has 2 amide bonds. The molecule has 2 fully saturated rings. The van der Waals surface area contributed by atoms with Crippen molar-refractivity contribution in [1.29, 1.82) is 0 Å². The lowest BCUT2D eigenvalue weighted by atomic mass is 9.74. The Morgan fingerprint density at radius 2 is 1.77 bits per heavy atom. The Morgan fingerprint density at radius 3 is 2.51 bits per heavy atom. The zero-order valence-electron chi connectivity index (χ0n) is 22.4. The van der Waals surface area contributed by atoms with Crippen molar-refractivity contribution < 1.29 is 29.0 Å². The van der Waals surface area contributed by atoms with Crippen molar-refractivity contribution in [3.05, 3.63) is 66.8 Å². The Bertz CT molecular complexity index is 1400. The summed E-state index contributed by atoms with van der Waals surface area (Å²) in [5.74, 6) is -3.21. The van der Waals surface area contributed by atoms with Gasteiger partial charge in [-0.25, -0.2) is 0 Å². The molecule has 4 aliphatic heterocycles. The largest absolute Gasteiger partial charge is 0.465 e. The number of amides is 2. The van der Waals surface area contributed by atoms with Crippen LogP contribution in [-0.2, 0) is 23.9 Å². The Morgan fingerprint density at radius 1 is 1.00 bits per heavy atom. The third-order valence-corrected chi connectivity index (χ3v) is 8.82. The molecule has 4 heterocycles. The van der Waals surface area contributed by atoms with Crippen LogP contribution in [0.4, 0.5) is 5.69 Å². The average molecular weight is 531 g/mol. The van der Waals surface area contributed by atoms with Crippen LogP contribution in [0.5, 0.6) is 0 Å². The van der Waals surface area contributed by atoms with Crippen LogP contribution in [0.3, 0.4) is 0 Å². The molecule has 2 aromatic carbocycles. The van der Waals surface area contributed by atoms with Gasteiger partial charge in [-0.05, 0) is 42.2 Å². The second-order valence-electron chi connectivity index (χ2n) is 11.5. The first-order valence-electron chi connectivity index (χ1n) is 13.7. The summed E-state index contributed by atoms with van der Waals surface area (Å²) < 4.78 is 12.3. The number of fused-ring (bicyclic) bond motifs is 3. The van der Waals surface area contributed by atoms with Crippen LogP contribution in [0.25, 0.3) is 10.8 Å². The second kappa shape index (κ2) is 9.31. The Labute approximate surface area is 227 Å². The minimum absolute atomic E-state index is 0.139. The number of rotatable bonds is 4. The van der Waals surface area contributed by atoms with Crippen LogP contribution in [0.2, 0.25) is 0 Å². The first-order chi connectivity index (χ1) is 18.7. The zero-order valence-corrected chi connectivity index (χ0v) is 22.4. The quantitative estimate of drug-likeness (QED) is 0.482. The van der Waals surface area contributed by atoms with Crippen molar-refractivity contribution >= 4 is 34.2 Å². The number of ether oxygens (including phenoxy) is 2. The van der Waals surface area contributed by atoms with Crippen molar-refractivity contribution in [1.82, 2.24) is 4.90 Å². The highest BCUT2D eigenvalue weighted by Gasteiger charge is 2.75. The van der Waals surface area contributed by atoms with E-state index in [1.54, 1.807) is 11.8 Å². The number of hydrogen-bond donors (Lipinski definition) is 1. The number of benzene rings is 2. The van der Waals surface area contributed by atoms with Crippen LogP contribution in [-0.4, -0.2) is 70.8 Å². The highest BCUT2D eigenvalue weighted by Crippen LogP contribution is 2.58. The number of nitrogens with zero attached hydrogens (tertiary/aromatic N) is 2. The predicted molar refractivity (Wildman–Crippen MR) is 146 cm³/mol. The van der Waals surface area contributed by atoms with E-state index in [9.17, 15) is 19.5 Å². The van der Waals surface area contributed by atoms with E-state index in [-0.39, 0.29) is 37.5 Å². The standard InChI is InChI=1S/C31H34N2O6/c1-19(2)23(18-34)33-26-28(36)32(22-12-11-20-9-4-5-10-21(20)17-22)15-8-14-31(26)24(27(33)35)25-29(37)38-16-7-6-13-30(25,3)39-31/h4-6,8-14,17,19,23-26,34H,7,15-16,18H2,1-3H3/t23-,24-,25-,26?,30+,31-/m0/s1. The predicted octanol–water partition coefficient (Wildman–Crippen LogP) is 3.23. The Kier molecular flexibility index (Phi) is 6.15. The second-order valence-corrected chi connectivity index (χ2v) is 11.5. The molecule has 2 saturated heterocycles. The van der Waals surface area contributed by atoms with E-state index in [0.29, 0.717) is 12.1 Å². The van der Waals surface area contributed by atoms with Gasteiger partial charge in [0.05, 0.1) is 30.8 Å².